The van der Waals surface area contributed by atoms with Crippen LogP contribution in [0.15, 0.2) is 34.7 Å². The van der Waals surface area contributed by atoms with Crippen LogP contribution in [-0.4, -0.2) is 20.4 Å². The molecule has 5 nitrogen and oxygen atoms in total. The molecule has 0 aliphatic heterocycles. The smallest absolute Gasteiger partial charge is 0.241 e. The quantitative estimate of drug-likeness (QED) is 0.816. The summed E-state index contributed by atoms with van der Waals surface area (Å²) in [6.45, 7) is 2.90. The van der Waals surface area contributed by atoms with Crippen LogP contribution in [0.25, 0.3) is 0 Å². The Morgan fingerprint density at radius 1 is 1.33 bits per heavy atom. The normalized spacial score (nSPS) is 11.7. The van der Waals surface area contributed by atoms with Crippen molar-refractivity contribution in [2.24, 2.45) is 0 Å². The molecule has 0 aliphatic carbocycles. The molecule has 21 heavy (non-hydrogen) atoms. The molecule has 2 N–H and O–H groups in total. The number of hydrogen-bond acceptors (Lipinski definition) is 5. The number of aryl methyl sites for hydroxylation is 1. The molecule has 0 amide bonds. The summed E-state index contributed by atoms with van der Waals surface area (Å²) in [5.41, 5.74) is 1.83. The first-order valence-electron chi connectivity index (χ1n) is 6.71. The van der Waals surface area contributed by atoms with Gasteiger partial charge in [-0.3, -0.25) is 4.98 Å². The van der Waals surface area contributed by atoms with E-state index in [9.17, 15) is 8.42 Å². The Balaban J connectivity index is 2.10. The molecule has 0 radical (unpaired) electrons. The summed E-state index contributed by atoms with van der Waals surface area (Å²) >= 11 is 1.43. The number of hydrogen-bond donors (Lipinski definition) is 2. The van der Waals surface area contributed by atoms with Crippen molar-refractivity contribution in [2.75, 3.05) is 7.05 Å². The lowest BCUT2D eigenvalue weighted by atomic mass is 10.1. The van der Waals surface area contributed by atoms with Gasteiger partial charge < -0.3 is 5.32 Å². The monoisotopic (exact) mass is 325 g/mol. The molecule has 7 heteroatoms. The Morgan fingerprint density at radius 2 is 2.14 bits per heavy atom. The van der Waals surface area contributed by atoms with Gasteiger partial charge in [0.1, 0.15) is 0 Å². The van der Waals surface area contributed by atoms with Gasteiger partial charge in [0, 0.05) is 23.0 Å². The standard InChI is InChI=1S/C14H19N3O2S2/c1-3-11-5-4-6-16-14(11)9-17-21(18,19)13-7-12(8-15-2)20-10-13/h4-7,10,15,17H,3,8-9H2,1-2H3. The molecule has 2 heterocycles. The maximum absolute atomic E-state index is 12.3. The van der Waals surface area contributed by atoms with E-state index in [1.807, 2.05) is 26.1 Å². The zero-order chi connectivity index (χ0) is 15.3. The van der Waals surface area contributed by atoms with Gasteiger partial charge in [-0.05, 0) is 31.2 Å². The molecule has 0 saturated carbocycles. The van der Waals surface area contributed by atoms with Crippen LogP contribution in [0, 0.1) is 0 Å². The second-order valence-electron chi connectivity index (χ2n) is 4.57. The molecule has 0 unspecified atom stereocenters. The van der Waals surface area contributed by atoms with E-state index in [-0.39, 0.29) is 6.54 Å². The van der Waals surface area contributed by atoms with Crippen molar-refractivity contribution >= 4 is 21.4 Å². The van der Waals surface area contributed by atoms with E-state index in [2.05, 4.69) is 15.0 Å². The van der Waals surface area contributed by atoms with Crippen molar-refractivity contribution < 1.29 is 8.42 Å². The van der Waals surface area contributed by atoms with E-state index in [0.717, 1.165) is 22.6 Å². The second-order valence-corrected chi connectivity index (χ2v) is 7.33. The average molecular weight is 325 g/mol. The molecular formula is C14H19N3O2S2. The average Bonchev–Trinajstić information content (AvgIpc) is 2.95. The lowest BCUT2D eigenvalue weighted by molar-refractivity contribution is 0.580. The van der Waals surface area contributed by atoms with Gasteiger partial charge >= 0.3 is 0 Å². The highest BCUT2D eigenvalue weighted by Gasteiger charge is 2.16. The topological polar surface area (TPSA) is 71.1 Å². The molecule has 0 saturated heterocycles. The maximum Gasteiger partial charge on any atom is 0.241 e. The van der Waals surface area contributed by atoms with Crippen molar-refractivity contribution in [1.29, 1.82) is 0 Å². The molecule has 0 fully saturated rings. The highest BCUT2D eigenvalue weighted by molar-refractivity contribution is 7.89. The highest BCUT2D eigenvalue weighted by Crippen LogP contribution is 2.19. The van der Waals surface area contributed by atoms with E-state index < -0.39 is 10.0 Å². The Morgan fingerprint density at radius 3 is 2.86 bits per heavy atom. The summed E-state index contributed by atoms with van der Waals surface area (Å²) in [7, 11) is -1.66. The Labute approximate surface area is 129 Å². The number of rotatable bonds is 7. The number of nitrogens with one attached hydrogen (secondary N) is 2. The van der Waals surface area contributed by atoms with Gasteiger partial charge in [-0.25, -0.2) is 13.1 Å². The summed E-state index contributed by atoms with van der Waals surface area (Å²) in [4.78, 5) is 5.55. The largest absolute Gasteiger partial charge is 0.315 e. The van der Waals surface area contributed by atoms with Gasteiger partial charge in [-0.2, -0.15) is 0 Å². The number of thiophene rings is 1. The first-order valence-corrected chi connectivity index (χ1v) is 9.07. The maximum atomic E-state index is 12.3. The minimum atomic E-state index is -3.49. The molecule has 114 valence electrons. The summed E-state index contributed by atoms with van der Waals surface area (Å²) in [5, 5.41) is 4.67. The minimum absolute atomic E-state index is 0.212. The van der Waals surface area contributed by atoms with Crippen LogP contribution in [0.2, 0.25) is 0 Å². The SMILES string of the molecule is CCc1cccnc1CNS(=O)(=O)c1csc(CNC)c1. The summed E-state index contributed by atoms with van der Waals surface area (Å²) in [6, 6.07) is 5.52. The van der Waals surface area contributed by atoms with Crippen LogP contribution in [0.5, 0.6) is 0 Å². The third-order valence-electron chi connectivity index (χ3n) is 3.09. The van der Waals surface area contributed by atoms with E-state index in [0.29, 0.717) is 11.4 Å². The second kappa shape index (κ2) is 7.13. The zero-order valence-electron chi connectivity index (χ0n) is 12.1. The molecule has 0 spiro atoms. The summed E-state index contributed by atoms with van der Waals surface area (Å²) < 4.78 is 27.2. The van der Waals surface area contributed by atoms with Gasteiger partial charge in [0.2, 0.25) is 10.0 Å². The fraction of sp³-hybridized carbons (Fsp3) is 0.357. The summed E-state index contributed by atoms with van der Waals surface area (Å²) in [5.74, 6) is 0. The molecular weight excluding hydrogens is 306 g/mol. The fourth-order valence-electron chi connectivity index (χ4n) is 1.97. The Bertz CT molecular complexity index is 696. The van der Waals surface area contributed by atoms with Crippen LogP contribution in [0.4, 0.5) is 0 Å². The van der Waals surface area contributed by atoms with Crippen molar-refractivity contribution in [3.63, 3.8) is 0 Å². The molecule has 2 aromatic rings. The van der Waals surface area contributed by atoms with Gasteiger partial charge in [0.15, 0.2) is 0 Å². The van der Waals surface area contributed by atoms with E-state index >= 15 is 0 Å². The molecule has 2 aromatic heterocycles. The van der Waals surface area contributed by atoms with Crippen LogP contribution in [-0.2, 0) is 29.5 Å². The lowest BCUT2D eigenvalue weighted by Gasteiger charge is -2.08. The Hall–Kier alpha value is -1.28. The Kier molecular flexibility index (Phi) is 5.46. The predicted octanol–water partition coefficient (Wildman–Crippen LogP) is 1.90. The first kappa shape index (κ1) is 16.1. The zero-order valence-corrected chi connectivity index (χ0v) is 13.7. The molecule has 0 aromatic carbocycles. The fourth-order valence-corrected chi connectivity index (χ4v) is 4.24. The predicted molar refractivity (Wildman–Crippen MR) is 84.7 cm³/mol. The highest BCUT2D eigenvalue weighted by atomic mass is 32.2. The number of pyridine rings is 1. The third-order valence-corrected chi connectivity index (χ3v) is 5.55. The van der Waals surface area contributed by atoms with Gasteiger partial charge in [-0.15, -0.1) is 11.3 Å². The van der Waals surface area contributed by atoms with E-state index in [1.54, 1.807) is 17.6 Å². The lowest BCUT2D eigenvalue weighted by Crippen LogP contribution is -2.24. The minimum Gasteiger partial charge on any atom is -0.315 e. The van der Waals surface area contributed by atoms with Crippen LogP contribution in [0.1, 0.15) is 23.1 Å². The summed E-state index contributed by atoms with van der Waals surface area (Å²) in [6.07, 6.45) is 2.51. The molecule has 0 aliphatic rings. The van der Waals surface area contributed by atoms with Crippen LogP contribution in [0.3, 0.4) is 0 Å². The van der Waals surface area contributed by atoms with E-state index in [1.165, 1.54) is 11.3 Å². The molecule has 0 atom stereocenters. The van der Waals surface area contributed by atoms with Gasteiger partial charge in [0.25, 0.3) is 0 Å². The molecule has 0 bridgehead atoms. The van der Waals surface area contributed by atoms with Crippen molar-refractivity contribution in [3.05, 3.63) is 45.9 Å². The van der Waals surface area contributed by atoms with Crippen molar-refractivity contribution in [1.82, 2.24) is 15.0 Å². The van der Waals surface area contributed by atoms with Crippen LogP contribution >= 0.6 is 11.3 Å². The van der Waals surface area contributed by atoms with Gasteiger partial charge in [0.05, 0.1) is 17.1 Å². The van der Waals surface area contributed by atoms with Crippen LogP contribution < -0.4 is 10.0 Å². The van der Waals surface area contributed by atoms with Crippen molar-refractivity contribution in [2.45, 2.75) is 31.3 Å². The molecule has 2 rings (SSSR count). The number of nitrogens with zero attached hydrogens (tertiary/aromatic N) is 1. The number of sulfonamides is 1. The number of aromatic nitrogens is 1. The van der Waals surface area contributed by atoms with E-state index in [4.69, 9.17) is 0 Å². The van der Waals surface area contributed by atoms with Gasteiger partial charge in [-0.1, -0.05) is 13.0 Å². The van der Waals surface area contributed by atoms with Crippen molar-refractivity contribution in [3.8, 4) is 0 Å². The third kappa shape index (κ3) is 4.10. The first-order chi connectivity index (χ1) is 10.1.